The molecular formula is C16H25FN4O. The molecule has 0 aromatic carbocycles. The highest BCUT2D eigenvalue weighted by molar-refractivity contribution is 5.31. The van der Waals surface area contributed by atoms with E-state index in [2.05, 4.69) is 40.7 Å². The van der Waals surface area contributed by atoms with E-state index in [0.29, 0.717) is 23.9 Å². The van der Waals surface area contributed by atoms with Crippen LogP contribution in [-0.4, -0.2) is 59.8 Å². The van der Waals surface area contributed by atoms with Gasteiger partial charge in [0, 0.05) is 31.7 Å². The van der Waals surface area contributed by atoms with E-state index >= 15 is 0 Å². The summed E-state index contributed by atoms with van der Waals surface area (Å²) in [5.74, 6) is 0.713. The molecule has 0 unspecified atom stereocenters. The minimum Gasteiger partial charge on any atom is -0.376 e. The van der Waals surface area contributed by atoms with Crippen LogP contribution in [-0.2, 0) is 4.74 Å². The number of aromatic nitrogens is 2. The first-order valence-electron chi connectivity index (χ1n) is 8.12. The summed E-state index contributed by atoms with van der Waals surface area (Å²) in [5, 5.41) is 0. The second-order valence-electron chi connectivity index (χ2n) is 6.67. The zero-order valence-electron chi connectivity index (χ0n) is 13.6. The summed E-state index contributed by atoms with van der Waals surface area (Å²) in [6.07, 6.45) is 5.04. The molecule has 2 saturated heterocycles. The Hall–Kier alpha value is -1.27. The number of rotatable bonds is 3. The van der Waals surface area contributed by atoms with Crippen molar-refractivity contribution in [3.63, 3.8) is 0 Å². The normalized spacial score (nSPS) is 29.0. The number of anilines is 1. The van der Waals surface area contributed by atoms with Gasteiger partial charge in [-0.1, -0.05) is 0 Å². The fraction of sp³-hybridized carbons (Fsp3) is 0.750. The van der Waals surface area contributed by atoms with Gasteiger partial charge < -0.3 is 9.64 Å². The standard InChI is InChI=1S/C16H25FN4O/c1-11(2)20(3)14-10-21(16-18-7-13(17)8-19-16)9-12-5-4-6-22-15(12)14/h7-8,11-12,14-15H,4-6,9-10H2,1-3H3/t12-,14+,15-/m0/s1. The third kappa shape index (κ3) is 3.08. The molecule has 0 amide bonds. The monoisotopic (exact) mass is 308 g/mol. The van der Waals surface area contributed by atoms with Gasteiger partial charge in [-0.15, -0.1) is 0 Å². The molecule has 0 bridgehead atoms. The van der Waals surface area contributed by atoms with Gasteiger partial charge in [0.1, 0.15) is 0 Å². The molecule has 6 heteroatoms. The summed E-state index contributed by atoms with van der Waals surface area (Å²) in [5.41, 5.74) is 0. The highest BCUT2D eigenvalue weighted by Crippen LogP contribution is 2.32. The Morgan fingerprint density at radius 3 is 2.73 bits per heavy atom. The summed E-state index contributed by atoms with van der Waals surface area (Å²) >= 11 is 0. The minimum atomic E-state index is -0.393. The second-order valence-corrected chi connectivity index (χ2v) is 6.67. The summed E-state index contributed by atoms with van der Waals surface area (Å²) in [4.78, 5) is 12.9. The van der Waals surface area contributed by atoms with Gasteiger partial charge in [-0.2, -0.15) is 0 Å². The second kappa shape index (κ2) is 6.46. The number of piperidine rings is 1. The van der Waals surface area contributed by atoms with Crippen molar-refractivity contribution in [3.05, 3.63) is 18.2 Å². The maximum Gasteiger partial charge on any atom is 0.225 e. The van der Waals surface area contributed by atoms with Gasteiger partial charge >= 0.3 is 0 Å². The zero-order valence-corrected chi connectivity index (χ0v) is 13.6. The third-order valence-electron chi connectivity index (χ3n) is 4.96. The molecule has 2 fully saturated rings. The Balaban J connectivity index is 1.83. The molecule has 3 rings (SSSR count). The van der Waals surface area contributed by atoms with E-state index in [1.165, 1.54) is 18.8 Å². The molecule has 2 aliphatic heterocycles. The van der Waals surface area contributed by atoms with Gasteiger partial charge in [-0.25, -0.2) is 14.4 Å². The van der Waals surface area contributed by atoms with Crippen molar-refractivity contribution < 1.29 is 9.13 Å². The Morgan fingerprint density at radius 1 is 1.32 bits per heavy atom. The Kier molecular flexibility index (Phi) is 4.59. The molecule has 0 radical (unpaired) electrons. The van der Waals surface area contributed by atoms with Crippen LogP contribution in [0.5, 0.6) is 0 Å². The van der Waals surface area contributed by atoms with E-state index in [-0.39, 0.29) is 6.10 Å². The quantitative estimate of drug-likeness (QED) is 0.853. The van der Waals surface area contributed by atoms with E-state index < -0.39 is 5.82 Å². The maximum absolute atomic E-state index is 13.1. The van der Waals surface area contributed by atoms with Crippen molar-refractivity contribution >= 4 is 5.95 Å². The smallest absolute Gasteiger partial charge is 0.225 e. The number of likely N-dealkylation sites (N-methyl/N-ethyl adjacent to an activating group) is 1. The van der Waals surface area contributed by atoms with Crippen LogP contribution in [0, 0.1) is 11.7 Å². The zero-order chi connectivity index (χ0) is 15.7. The number of ether oxygens (including phenoxy) is 1. The van der Waals surface area contributed by atoms with Crippen molar-refractivity contribution in [3.8, 4) is 0 Å². The van der Waals surface area contributed by atoms with Crippen LogP contribution >= 0.6 is 0 Å². The lowest BCUT2D eigenvalue weighted by molar-refractivity contribution is -0.0835. The SMILES string of the molecule is CC(C)N(C)[C@@H]1CN(c2ncc(F)cn2)C[C@@H]2CCCO[C@@H]21. The van der Waals surface area contributed by atoms with Crippen LogP contribution in [0.15, 0.2) is 12.4 Å². The molecule has 22 heavy (non-hydrogen) atoms. The van der Waals surface area contributed by atoms with Crippen molar-refractivity contribution in [1.29, 1.82) is 0 Å². The van der Waals surface area contributed by atoms with E-state index in [0.717, 1.165) is 26.1 Å². The van der Waals surface area contributed by atoms with Gasteiger partial charge in [0.2, 0.25) is 5.95 Å². The van der Waals surface area contributed by atoms with Crippen molar-refractivity contribution in [2.75, 3.05) is 31.6 Å². The predicted molar refractivity (Wildman–Crippen MR) is 83.4 cm³/mol. The van der Waals surface area contributed by atoms with Crippen molar-refractivity contribution in [2.45, 2.75) is 44.9 Å². The van der Waals surface area contributed by atoms with E-state index in [1.807, 2.05) is 0 Å². The fourth-order valence-corrected chi connectivity index (χ4v) is 3.55. The summed E-state index contributed by atoms with van der Waals surface area (Å²) < 4.78 is 19.2. The molecule has 3 atom stereocenters. The molecular weight excluding hydrogens is 283 g/mol. The van der Waals surface area contributed by atoms with Crippen LogP contribution in [0.4, 0.5) is 10.3 Å². The summed E-state index contributed by atoms with van der Waals surface area (Å²) in [7, 11) is 2.15. The molecule has 5 nitrogen and oxygen atoms in total. The van der Waals surface area contributed by atoms with Crippen LogP contribution < -0.4 is 4.90 Å². The van der Waals surface area contributed by atoms with Gasteiger partial charge in [0.15, 0.2) is 5.82 Å². The van der Waals surface area contributed by atoms with Crippen molar-refractivity contribution in [1.82, 2.24) is 14.9 Å². The number of fused-ring (bicyclic) bond motifs is 1. The highest BCUT2D eigenvalue weighted by atomic mass is 19.1. The molecule has 0 saturated carbocycles. The van der Waals surface area contributed by atoms with Gasteiger partial charge in [0.25, 0.3) is 0 Å². The molecule has 0 aliphatic carbocycles. The van der Waals surface area contributed by atoms with Crippen LogP contribution in [0.3, 0.4) is 0 Å². The van der Waals surface area contributed by atoms with Gasteiger partial charge in [-0.3, -0.25) is 4.90 Å². The summed E-state index contributed by atoms with van der Waals surface area (Å²) in [6, 6.07) is 0.762. The highest BCUT2D eigenvalue weighted by Gasteiger charge is 2.42. The largest absolute Gasteiger partial charge is 0.376 e. The lowest BCUT2D eigenvalue weighted by Gasteiger charge is -2.49. The van der Waals surface area contributed by atoms with E-state index in [1.54, 1.807) is 0 Å². The third-order valence-corrected chi connectivity index (χ3v) is 4.96. The minimum absolute atomic E-state index is 0.276. The average molecular weight is 308 g/mol. The van der Waals surface area contributed by atoms with E-state index in [9.17, 15) is 4.39 Å². The van der Waals surface area contributed by atoms with Crippen molar-refractivity contribution in [2.24, 2.45) is 5.92 Å². The molecule has 0 spiro atoms. The summed E-state index contributed by atoms with van der Waals surface area (Å²) in [6.45, 7) is 6.97. The number of hydrogen-bond donors (Lipinski definition) is 0. The van der Waals surface area contributed by atoms with Gasteiger partial charge in [0.05, 0.1) is 24.5 Å². The van der Waals surface area contributed by atoms with E-state index in [4.69, 9.17) is 4.74 Å². The maximum atomic E-state index is 13.1. The number of hydrogen-bond acceptors (Lipinski definition) is 5. The first kappa shape index (κ1) is 15.6. The molecule has 3 heterocycles. The van der Waals surface area contributed by atoms with Crippen LogP contribution in [0.25, 0.3) is 0 Å². The first-order valence-corrected chi connectivity index (χ1v) is 8.12. The Labute approximate surface area is 131 Å². The van der Waals surface area contributed by atoms with Crippen LogP contribution in [0.2, 0.25) is 0 Å². The molecule has 1 aromatic rings. The van der Waals surface area contributed by atoms with Gasteiger partial charge in [-0.05, 0) is 33.7 Å². The Morgan fingerprint density at radius 2 is 2.05 bits per heavy atom. The lowest BCUT2D eigenvalue weighted by atomic mass is 9.84. The Bertz CT molecular complexity index is 495. The lowest BCUT2D eigenvalue weighted by Crippen LogP contribution is -2.61. The first-order chi connectivity index (χ1) is 10.6. The van der Waals surface area contributed by atoms with Crippen LogP contribution in [0.1, 0.15) is 26.7 Å². The number of halogens is 1. The average Bonchev–Trinajstić information content (AvgIpc) is 2.53. The molecule has 2 aliphatic rings. The molecule has 122 valence electrons. The number of nitrogens with zero attached hydrogens (tertiary/aromatic N) is 4. The molecule has 0 N–H and O–H groups in total. The molecule has 1 aromatic heterocycles. The topological polar surface area (TPSA) is 41.5 Å². The predicted octanol–water partition coefficient (Wildman–Crippen LogP) is 1.94. The fourth-order valence-electron chi connectivity index (χ4n) is 3.55.